The first kappa shape index (κ1) is 18.7. The molecule has 0 atom stereocenters. The van der Waals surface area contributed by atoms with Crippen molar-refractivity contribution in [2.24, 2.45) is 0 Å². The number of amides is 1. The molecule has 0 aliphatic carbocycles. The van der Waals surface area contributed by atoms with Gasteiger partial charge in [0, 0.05) is 12.0 Å². The number of methoxy groups -OCH3 is 2. The van der Waals surface area contributed by atoms with Crippen molar-refractivity contribution in [2.45, 2.75) is 19.3 Å². The van der Waals surface area contributed by atoms with Crippen molar-refractivity contribution in [2.75, 3.05) is 20.8 Å². The summed E-state index contributed by atoms with van der Waals surface area (Å²) in [6.45, 7) is 4.09. The summed E-state index contributed by atoms with van der Waals surface area (Å²) < 4.78 is 37.5. The van der Waals surface area contributed by atoms with Crippen molar-refractivity contribution >= 4 is 5.91 Å². The fourth-order valence-corrected chi connectivity index (χ4v) is 2.43. The van der Waals surface area contributed by atoms with Crippen molar-refractivity contribution in [3.05, 3.63) is 59.2 Å². The third-order valence-corrected chi connectivity index (χ3v) is 4.05. The quantitative estimate of drug-likeness (QED) is 0.865. The summed E-state index contributed by atoms with van der Waals surface area (Å²) in [6.07, 6.45) is 0. The fraction of sp³-hybridized carbons (Fsp3) is 0.316. The van der Waals surface area contributed by atoms with Crippen molar-refractivity contribution < 1.29 is 23.0 Å². The zero-order valence-corrected chi connectivity index (χ0v) is 14.7. The molecular weight excluding hydrogens is 328 g/mol. The van der Waals surface area contributed by atoms with Crippen LogP contribution in [0.5, 0.6) is 11.5 Å². The molecule has 2 aromatic rings. The van der Waals surface area contributed by atoms with Crippen LogP contribution in [0.25, 0.3) is 0 Å². The number of hydrogen-bond acceptors (Lipinski definition) is 3. The molecule has 6 heteroatoms. The van der Waals surface area contributed by atoms with E-state index in [1.165, 1.54) is 12.1 Å². The second-order valence-electron chi connectivity index (χ2n) is 6.24. The monoisotopic (exact) mass is 349 g/mol. The molecule has 134 valence electrons. The van der Waals surface area contributed by atoms with Crippen molar-refractivity contribution in [1.82, 2.24) is 5.32 Å². The van der Waals surface area contributed by atoms with Crippen LogP contribution in [0.15, 0.2) is 36.4 Å². The second-order valence-corrected chi connectivity index (χ2v) is 6.24. The Morgan fingerprint density at radius 1 is 1.08 bits per heavy atom. The average molecular weight is 349 g/mol. The Morgan fingerprint density at radius 2 is 1.76 bits per heavy atom. The van der Waals surface area contributed by atoms with Gasteiger partial charge in [0.25, 0.3) is 5.91 Å². The van der Waals surface area contributed by atoms with Gasteiger partial charge in [0.15, 0.2) is 23.1 Å². The maximum atomic E-state index is 13.7. The highest BCUT2D eigenvalue weighted by Crippen LogP contribution is 2.32. The van der Waals surface area contributed by atoms with Gasteiger partial charge in [-0.25, -0.2) is 8.78 Å². The first-order chi connectivity index (χ1) is 11.8. The van der Waals surface area contributed by atoms with Crippen LogP contribution in [0.1, 0.15) is 29.8 Å². The summed E-state index contributed by atoms with van der Waals surface area (Å²) >= 11 is 0. The highest BCUT2D eigenvalue weighted by Gasteiger charge is 2.24. The molecule has 25 heavy (non-hydrogen) atoms. The first-order valence-corrected chi connectivity index (χ1v) is 7.75. The van der Waals surface area contributed by atoms with Gasteiger partial charge in [-0.3, -0.25) is 4.79 Å². The van der Waals surface area contributed by atoms with Gasteiger partial charge in [-0.15, -0.1) is 0 Å². The van der Waals surface area contributed by atoms with Crippen LogP contribution in [-0.2, 0) is 5.41 Å². The minimum absolute atomic E-state index is 0.233. The zero-order chi connectivity index (χ0) is 18.6. The SMILES string of the molecule is COc1ccc(C(C)(C)CNC(=O)c2cccc(F)c2F)cc1OC. The largest absolute Gasteiger partial charge is 0.493 e. The van der Waals surface area contributed by atoms with Gasteiger partial charge in [-0.05, 0) is 29.8 Å². The minimum Gasteiger partial charge on any atom is -0.493 e. The number of benzene rings is 2. The molecule has 1 N–H and O–H groups in total. The Kier molecular flexibility index (Phi) is 5.62. The van der Waals surface area contributed by atoms with E-state index in [0.29, 0.717) is 11.5 Å². The van der Waals surface area contributed by atoms with E-state index in [2.05, 4.69) is 5.32 Å². The Morgan fingerprint density at radius 3 is 2.40 bits per heavy atom. The topological polar surface area (TPSA) is 47.6 Å². The molecule has 2 aromatic carbocycles. The Bertz CT molecular complexity index is 775. The molecule has 0 aromatic heterocycles. The predicted octanol–water partition coefficient (Wildman–Crippen LogP) is 3.69. The highest BCUT2D eigenvalue weighted by atomic mass is 19.2. The standard InChI is InChI=1S/C19H21F2NO3/c1-19(2,12-8-9-15(24-3)16(10-12)25-4)11-22-18(23)13-6-5-7-14(20)17(13)21/h5-10H,11H2,1-4H3,(H,22,23). The van der Waals surface area contributed by atoms with Crippen LogP contribution in [0.2, 0.25) is 0 Å². The van der Waals surface area contributed by atoms with E-state index in [4.69, 9.17) is 9.47 Å². The lowest BCUT2D eigenvalue weighted by Crippen LogP contribution is -2.37. The molecule has 0 aliphatic heterocycles. The Hall–Kier alpha value is -2.63. The van der Waals surface area contributed by atoms with E-state index in [9.17, 15) is 13.6 Å². The van der Waals surface area contributed by atoms with E-state index in [1.54, 1.807) is 20.3 Å². The normalized spacial score (nSPS) is 11.1. The van der Waals surface area contributed by atoms with Crippen LogP contribution in [0.4, 0.5) is 8.78 Å². The summed E-state index contributed by atoms with van der Waals surface area (Å²) in [7, 11) is 3.10. The molecule has 2 rings (SSSR count). The predicted molar refractivity (Wildman–Crippen MR) is 91.3 cm³/mol. The van der Waals surface area contributed by atoms with Crippen LogP contribution in [-0.4, -0.2) is 26.7 Å². The number of hydrogen-bond donors (Lipinski definition) is 1. The van der Waals surface area contributed by atoms with Crippen molar-refractivity contribution in [3.8, 4) is 11.5 Å². The number of ether oxygens (including phenoxy) is 2. The van der Waals surface area contributed by atoms with Gasteiger partial charge < -0.3 is 14.8 Å². The third-order valence-electron chi connectivity index (χ3n) is 4.05. The van der Waals surface area contributed by atoms with E-state index in [0.717, 1.165) is 11.6 Å². The molecule has 0 bridgehead atoms. The highest BCUT2D eigenvalue weighted by molar-refractivity contribution is 5.94. The van der Waals surface area contributed by atoms with Gasteiger partial charge in [-0.2, -0.15) is 0 Å². The van der Waals surface area contributed by atoms with Gasteiger partial charge in [0.2, 0.25) is 0 Å². The first-order valence-electron chi connectivity index (χ1n) is 7.75. The van der Waals surface area contributed by atoms with Gasteiger partial charge in [0.1, 0.15) is 0 Å². The van der Waals surface area contributed by atoms with Crippen LogP contribution in [0.3, 0.4) is 0 Å². The lowest BCUT2D eigenvalue weighted by Gasteiger charge is -2.26. The molecule has 4 nitrogen and oxygen atoms in total. The lowest BCUT2D eigenvalue weighted by molar-refractivity contribution is 0.0940. The lowest BCUT2D eigenvalue weighted by atomic mass is 9.84. The number of halogens is 2. The minimum atomic E-state index is -1.15. The van der Waals surface area contributed by atoms with Crippen LogP contribution < -0.4 is 14.8 Å². The van der Waals surface area contributed by atoms with Crippen LogP contribution >= 0.6 is 0 Å². The molecule has 0 saturated heterocycles. The Labute approximate surface area is 145 Å². The van der Waals surface area contributed by atoms with Gasteiger partial charge in [0.05, 0.1) is 19.8 Å². The molecule has 0 aliphatic rings. The molecular formula is C19H21F2NO3. The molecule has 0 spiro atoms. The van der Waals surface area contributed by atoms with Crippen molar-refractivity contribution in [3.63, 3.8) is 0 Å². The smallest absolute Gasteiger partial charge is 0.254 e. The summed E-state index contributed by atoms with van der Waals surface area (Å²) in [5.74, 6) is -1.68. The molecule has 1 amide bonds. The second kappa shape index (κ2) is 7.51. The summed E-state index contributed by atoms with van der Waals surface area (Å²) in [5.41, 5.74) is 0.132. The third kappa shape index (κ3) is 4.07. The van der Waals surface area contributed by atoms with E-state index >= 15 is 0 Å². The van der Waals surface area contributed by atoms with Gasteiger partial charge in [-0.1, -0.05) is 26.0 Å². The fourth-order valence-electron chi connectivity index (χ4n) is 2.43. The van der Waals surface area contributed by atoms with Crippen molar-refractivity contribution in [1.29, 1.82) is 0 Å². The van der Waals surface area contributed by atoms with Gasteiger partial charge >= 0.3 is 0 Å². The Balaban J connectivity index is 2.16. The summed E-state index contributed by atoms with van der Waals surface area (Å²) in [5, 5.41) is 2.65. The zero-order valence-electron chi connectivity index (χ0n) is 14.7. The van der Waals surface area contributed by atoms with E-state index in [1.807, 2.05) is 26.0 Å². The maximum Gasteiger partial charge on any atom is 0.254 e. The molecule has 0 fully saturated rings. The number of rotatable bonds is 6. The summed E-state index contributed by atoms with van der Waals surface area (Å²) in [6, 6.07) is 9.00. The average Bonchev–Trinajstić information content (AvgIpc) is 2.61. The van der Waals surface area contributed by atoms with Crippen LogP contribution in [0, 0.1) is 11.6 Å². The summed E-state index contributed by atoms with van der Waals surface area (Å²) in [4.78, 5) is 12.2. The maximum absolute atomic E-state index is 13.7. The number of nitrogens with one attached hydrogen (secondary N) is 1. The molecule has 0 heterocycles. The molecule has 0 radical (unpaired) electrons. The molecule has 0 unspecified atom stereocenters. The number of carbonyl (C=O) groups is 1. The number of carbonyl (C=O) groups excluding carboxylic acids is 1. The van der Waals surface area contributed by atoms with E-state index in [-0.39, 0.29) is 12.1 Å². The molecule has 0 saturated carbocycles. The van der Waals surface area contributed by atoms with E-state index < -0.39 is 23.0 Å².